The van der Waals surface area contributed by atoms with E-state index in [1.807, 2.05) is 7.05 Å². The highest BCUT2D eigenvalue weighted by molar-refractivity contribution is 7.11. The van der Waals surface area contributed by atoms with Gasteiger partial charge in [-0.05, 0) is 19.3 Å². The van der Waals surface area contributed by atoms with Gasteiger partial charge in [-0.15, -0.1) is 11.3 Å². The summed E-state index contributed by atoms with van der Waals surface area (Å²) in [6.07, 6.45) is 5.07. The molecule has 2 aromatic rings. The Bertz CT molecular complexity index is 538. The minimum absolute atomic E-state index is 0.275. The van der Waals surface area contributed by atoms with Crippen molar-refractivity contribution in [2.24, 2.45) is 12.8 Å². The van der Waals surface area contributed by atoms with Gasteiger partial charge in [-0.25, -0.2) is 9.97 Å². The summed E-state index contributed by atoms with van der Waals surface area (Å²) in [6.45, 7) is 0. The molecule has 0 amide bonds. The second-order valence-corrected chi connectivity index (χ2v) is 5.75. The van der Waals surface area contributed by atoms with Crippen LogP contribution in [-0.2, 0) is 19.9 Å². The van der Waals surface area contributed by atoms with Crippen LogP contribution in [0.1, 0.15) is 33.9 Å². The Kier molecular flexibility index (Phi) is 2.69. The molecule has 0 bridgehead atoms. The molecule has 1 atom stereocenters. The predicted octanol–water partition coefficient (Wildman–Crippen LogP) is 2.07. The number of halogens is 1. The van der Waals surface area contributed by atoms with Gasteiger partial charge in [0, 0.05) is 11.9 Å². The predicted molar refractivity (Wildman–Crippen MR) is 68.4 cm³/mol. The lowest BCUT2D eigenvalue weighted by Crippen LogP contribution is -2.16. The van der Waals surface area contributed by atoms with Crippen molar-refractivity contribution in [3.8, 4) is 0 Å². The van der Waals surface area contributed by atoms with E-state index in [4.69, 9.17) is 17.3 Å². The maximum absolute atomic E-state index is 6.20. The molecule has 4 nitrogen and oxygen atoms in total. The van der Waals surface area contributed by atoms with Gasteiger partial charge in [0.25, 0.3) is 0 Å². The Morgan fingerprint density at radius 1 is 1.53 bits per heavy atom. The van der Waals surface area contributed by atoms with E-state index in [-0.39, 0.29) is 6.04 Å². The van der Waals surface area contributed by atoms with Crippen LogP contribution in [0.15, 0.2) is 6.20 Å². The topological polar surface area (TPSA) is 56.7 Å². The first-order chi connectivity index (χ1) is 8.16. The summed E-state index contributed by atoms with van der Waals surface area (Å²) in [5, 5.41) is 1.54. The molecule has 17 heavy (non-hydrogen) atoms. The summed E-state index contributed by atoms with van der Waals surface area (Å²) in [6, 6.07) is -0.275. The first-order valence-corrected chi connectivity index (χ1v) is 6.77. The molecular formula is C11H13ClN4S. The molecule has 0 aliphatic heterocycles. The molecule has 2 heterocycles. The van der Waals surface area contributed by atoms with E-state index in [1.165, 1.54) is 17.0 Å². The molecule has 3 rings (SSSR count). The van der Waals surface area contributed by atoms with E-state index in [0.717, 1.165) is 23.7 Å². The number of nitrogens with two attached hydrogens (primary N) is 1. The molecule has 90 valence electrons. The van der Waals surface area contributed by atoms with Crippen molar-refractivity contribution in [3.05, 3.63) is 32.8 Å². The fourth-order valence-electron chi connectivity index (χ4n) is 2.14. The quantitative estimate of drug-likeness (QED) is 0.907. The van der Waals surface area contributed by atoms with Crippen LogP contribution in [0.5, 0.6) is 0 Å². The molecule has 0 aromatic carbocycles. The number of aryl methyl sites for hydroxylation is 2. The monoisotopic (exact) mass is 268 g/mol. The second kappa shape index (κ2) is 4.08. The number of hydrogen-bond donors (Lipinski definition) is 1. The molecule has 6 heteroatoms. The smallest absolute Gasteiger partial charge is 0.133 e. The van der Waals surface area contributed by atoms with E-state index >= 15 is 0 Å². The minimum Gasteiger partial charge on any atom is -0.321 e. The molecule has 0 fully saturated rings. The number of nitrogens with zero attached hydrogens (tertiary/aromatic N) is 3. The van der Waals surface area contributed by atoms with Gasteiger partial charge in [0.2, 0.25) is 0 Å². The Hall–Kier alpha value is -0.910. The third kappa shape index (κ3) is 1.78. The third-order valence-electron chi connectivity index (χ3n) is 3.12. The van der Waals surface area contributed by atoms with Gasteiger partial charge in [0.1, 0.15) is 22.0 Å². The van der Waals surface area contributed by atoms with E-state index in [2.05, 4.69) is 9.97 Å². The van der Waals surface area contributed by atoms with Crippen LogP contribution >= 0.6 is 22.9 Å². The normalized spacial score (nSPS) is 16.2. The van der Waals surface area contributed by atoms with Gasteiger partial charge >= 0.3 is 0 Å². The summed E-state index contributed by atoms with van der Waals surface area (Å²) < 4.78 is 1.80. The lowest BCUT2D eigenvalue weighted by molar-refractivity contribution is 0.709. The largest absolute Gasteiger partial charge is 0.321 e. The van der Waals surface area contributed by atoms with Crippen molar-refractivity contribution >= 4 is 22.9 Å². The van der Waals surface area contributed by atoms with Gasteiger partial charge in [-0.2, -0.15) is 0 Å². The molecule has 1 aliphatic carbocycles. The van der Waals surface area contributed by atoms with Crippen molar-refractivity contribution in [1.82, 2.24) is 14.5 Å². The van der Waals surface area contributed by atoms with Crippen molar-refractivity contribution in [3.63, 3.8) is 0 Å². The Balaban J connectivity index is 1.95. The van der Waals surface area contributed by atoms with Crippen LogP contribution in [-0.4, -0.2) is 14.5 Å². The second-order valence-electron chi connectivity index (χ2n) is 4.25. The fraction of sp³-hybridized carbons (Fsp3) is 0.455. The highest BCUT2D eigenvalue weighted by atomic mass is 35.5. The number of imidazole rings is 1. The van der Waals surface area contributed by atoms with Crippen LogP contribution in [0.2, 0.25) is 5.15 Å². The summed E-state index contributed by atoms with van der Waals surface area (Å²) in [7, 11) is 1.87. The Labute approximate surface area is 108 Å². The highest BCUT2D eigenvalue weighted by Gasteiger charge is 2.23. The lowest BCUT2D eigenvalue weighted by atomic mass is 10.3. The molecule has 2 N–H and O–H groups in total. The Morgan fingerprint density at radius 3 is 3.00 bits per heavy atom. The molecule has 2 aromatic heterocycles. The average Bonchev–Trinajstić information content (AvgIpc) is 2.94. The third-order valence-corrected chi connectivity index (χ3v) is 4.72. The van der Waals surface area contributed by atoms with Crippen LogP contribution in [0.4, 0.5) is 0 Å². The molecule has 0 radical (unpaired) electrons. The minimum atomic E-state index is -0.275. The molecule has 0 saturated carbocycles. The number of hydrogen-bond acceptors (Lipinski definition) is 4. The maximum Gasteiger partial charge on any atom is 0.133 e. The molecule has 1 unspecified atom stereocenters. The Morgan fingerprint density at radius 2 is 2.35 bits per heavy atom. The SMILES string of the molecule is Cn1c(Cl)cnc1C(N)c1nc2c(s1)CCC2. The van der Waals surface area contributed by atoms with Crippen LogP contribution in [0, 0.1) is 0 Å². The standard InChI is InChI=1S/C11H13ClN4S/c1-16-8(12)5-14-10(16)9(13)11-15-6-3-2-4-7(6)17-11/h5,9H,2-4,13H2,1H3. The van der Waals surface area contributed by atoms with E-state index in [1.54, 1.807) is 22.1 Å². The highest BCUT2D eigenvalue weighted by Crippen LogP contribution is 2.32. The summed E-state index contributed by atoms with van der Waals surface area (Å²) in [4.78, 5) is 10.2. The molecular weight excluding hydrogens is 256 g/mol. The fourth-order valence-corrected chi connectivity index (χ4v) is 3.43. The number of thiazole rings is 1. The van der Waals surface area contributed by atoms with Crippen molar-refractivity contribution < 1.29 is 0 Å². The zero-order valence-electron chi connectivity index (χ0n) is 9.48. The summed E-state index contributed by atoms with van der Waals surface area (Å²) >= 11 is 7.67. The van der Waals surface area contributed by atoms with E-state index in [0.29, 0.717) is 5.15 Å². The van der Waals surface area contributed by atoms with Crippen molar-refractivity contribution in [1.29, 1.82) is 0 Å². The van der Waals surface area contributed by atoms with Crippen LogP contribution < -0.4 is 5.73 Å². The van der Waals surface area contributed by atoms with Crippen LogP contribution in [0.3, 0.4) is 0 Å². The summed E-state index contributed by atoms with van der Waals surface area (Å²) in [5.74, 6) is 0.766. The first kappa shape index (κ1) is 11.2. The number of rotatable bonds is 2. The van der Waals surface area contributed by atoms with Gasteiger partial charge in [-0.1, -0.05) is 11.6 Å². The number of fused-ring (bicyclic) bond motifs is 1. The zero-order chi connectivity index (χ0) is 12.0. The van der Waals surface area contributed by atoms with Gasteiger partial charge in [-0.3, -0.25) is 0 Å². The zero-order valence-corrected chi connectivity index (χ0v) is 11.1. The number of aromatic nitrogens is 3. The van der Waals surface area contributed by atoms with E-state index < -0.39 is 0 Å². The average molecular weight is 269 g/mol. The molecule has 1 aliphatic rings. The first-order valence-electron chi connectivity index (χ1n) is 5.58. The van der Waals surface area contributed by atoms with Crippen molar-refractivity contribution in [2.45, 2.75) is 25.3 Å². The van der Waals surface area contributed by atoms with Crippen molar-refractivity contribution in [2.75, 3.05) is 0 Å². The van der Waals surface area contributed by atoms with Gasteiger partial charge in [0.05, 0.1) is 11.9 Å². The maximum atomic E-state index is 6.20. The van der Waals surface area contributed by atoms with Gasteiger partial charge in [0.15, 0.2) is 0 Å². The van der Waals surface area contributed by atoms with Gasteiger partial charge < -0.3 is 10.3 Å². The van der Waals surface area contributed by atoms with E-state index in [9.17, 15) is 0 Å². The lowest BCUT2D eigenvalue weighted by Gasteiger charge is -2.08. The molecule has 0 spiro atoms. The van der Waals surface area contributed by atoms with Crippen LogP contribution in [0.25, 0.3) is 0 Å². The molecule has 0 saturated heterocycles. The summed E-state index contributed by atoms with van der Waals surface area (Å²) in [5.41, 5.74) is 7.42.